The third-order valence-corrected chi connectivity index (χ3v) is 7.80. The lowest BCUT2D eigenvalue weighted by atomic mass is 9.77. The molecule has 47 heavy (non-hydrogen) atoms. The van der Waals surface area contributed by atoms with Crippen LogP contribution in [-0.2, 0) is 25.7 Å². The van der Waals surface area contributed by atoms with Crippen molar-refractivity contribution in [3.63, 3.8) is 0 Å². The summed E-state index contributed by atoms with van der Waals surface area (Å²) < 4.78 is 101. The number of halogens is 9. The number of hydrogen-bond donors (Lipinski definition) is 3. The molecule has 2 saturated heterocycles. The SMILES string of the molecule is O=C(O)C(F)(F)F.O=C(O)C(F)(F)F.O=C(O)C(F)(F)F.c1ccc(COC[C@@H]2CN(CC3CC3)C[C@@]23CCN(CC2CC2)C3)nc1. The number of ether oxygens (including phenoxy) is 1. The lowest BCUT2D eigenvalue weighted by Crippen LogP contribution is -2.37. The fraction of sp³-hybridized carbons (Fsp3) is 0.714. The maximum absolute atomic E-state index is 10.6. The van der Waals surface area contributed by atoms with Gasteiger partial charge in [-0.15, -0.1) is 0 Å². The van der Waals surface area contributed by atoms with Crippen molar-refractivity contribution < 1.29 is 74.0 Å². The number of nitrogens with zero attached hydrogens (tertiary/aromatic N) is 3. The van der Waals surface area contributed by atoms with Crippen molar-refractivity contribution in [2.45, 2.75) is 57.2 Å². The van der Waals surface area contributed by atoms with Gasteiger partial charge in [-0.1, -0.05) is 6.07 Å². The van der Waals surface area contributed by atoms with E-state index in [4.69, 9.17) is 34.4 Å². The van der Waals surface area contributed by atoms with E-state index >= 15 is 0 Å². The monoisotopic (exact) mass is 697 g/mol. The Kier molecular flexibility index (Phi) is 14.3. The lowest BCUT2D eigenvalue weighted by Gasteiger charge is -2.30. The summed E-state index contributed by atoms with van der Waals surface area (Å²) in [6, 6.07) is 6.09. The Morgan fingerprint density at radius 2 is 1.23 bits per heavy atom. The quantitative estimate of drug-likeness (QED) is 0.320. The van der Waals surface area contributed by atoms with Crippen molar-refractivity contribution in [3.8, 4) is 0 Å². The predicted octanol–water partition coefficient (Wildman–Crippen LogP) is 4.94. The van der Waals surface area contributed by atoms with Crippen molar-refractivity contribution in [2.75, 3.05) is 45.9 Å². The zero-order chi connectivity index (χ0) is 35.6. The van der Waals surface area contributed by atoms with E-state index in [0.29, 0.717) is 17.9 Å². The summed E-state index contributed by atoms with van der Waals surface area (Å²) in [6.07, 6.45) is -6.17. The first-order chi connectivity index (χ1) is 21.6. The van der Waals surface area contributed by atoms with Crippen molar-refractivity contribution >= 4 is 17.9 Å². The zero-order valence-corrected chi connectivity index (χ0v) is 25.0. The largest absolute Gasteiger partial charge is 0.490 e. The Hall–Kier alpha value is -3.19. The Balaban J connectivity index is 0.000000301. The minimum Gasteiger partial charge on any atom is -0.475 e. The highest BCUT2D eigenvalue weighted by atomic mass is 19.4. The smallest absolute Gasteiger partial charge is 0.475 e. The highest BCUT2D eigenvalue weighted by molar-refractivity contribution is 5.73. The first-order valence-corrected chi connectivity index (χ1v) is 14.4. The summed E-state index contributed by atoms with van der Waals surface area (Å²) >= 11 is 0. The summed E-state index contributed by atoms with van der Waals surface area (Å²) in [6.45, 7) is 9.41. The van der Waals surface area contributed by atoms with Gasteiger partial charge in [0.1, 0.15) is 0 Å². The third-order valence-electron chi connectivity index (χ3n) is 7.80. The lowest BCUT2D eigenvalue weighted by molar-refractivity contribution is -0.193. The fourth-order valence-electron chi connectivity index (χ4n) is 5.24. The number of carboxylic acid groups (broad SMARTS) is 3. The van der Waals surface area contributed by atoms with Gasteiger partial charge >= 0.3 is 36.4 Å². The van der Waals surface area contributed by atoms with Crippen LogP contribution in [-0.4, -0.2) is 112 Å². The number of carbonyl (C=O) groups is 3. The molecule has 0 amide bonds. The molecule has 0 bridgehead atoms. The van der Waals surface area contributed by atoms with Crippen molar-refractivity contribution in [2.24, 2.45) is 23.2 Å². The molecule has 1 aromatic heterocycles. The van der Waals surface area contributed by atoms with E-state index in [2.05, 4.69) is 20.9 Å². The van der Waals surface area contributed by atoms with Gasteiger partial charge in [0.15, 0.2) is 0 Å². The van der Waals surface area contributed by atoms with E-state index in [1.165, 1.54) is 71.4 Å². The summed E-state index contributed by atoms with van der Waals surface area (Å²) in [5.74, 6) is -5.58. The zero-order valence-electron chi connectivity index (χ0n) is 25.0. The number of pyridine rings is 1. The summed E-state index contributed by atoms with van der Waals surface area (Å²) in [5, 5.41) is 21.4. The van der Waals surface area contributed by atoms with Crippen LogP contribution in [0.2, 0.25) is 0 Å². The van der Waals surface area contributed by atoms with Crippen LogP contribution >= 0.6 is 0 Å². The van der Waals surface area contributed by atoms with Crippen molar-refractivity contribution in [3.05, 3.63) is 30.1 Å². The molecule has 19 heteroatoms. The molecule has 3 heterocycles. The van der Waals surface area contributed by atoms with Crippen LogP contribution in [0, 0.1) is 23.2 Å². The molecule has 3 N–H and O–H groups in total. The van der Waals surface area contributed by atoms with Gasteiger partial charge < -0.3 is 29.9 Å². The molecule has 2 aliphatic heterocycles. The molecule has 4 aliphatic rings. The molecule has 2 aliphatic carbocycles. The molecule has 5 rings (SSSR count). The fourth-order valence-corrected chi connectivity index (χ4v) is 5.24. The van der Waals surface area contributed by atoms with Crippen molar-refractivity contribution in [1.29, 1.82) is 0 Å². The average Bonchev–Trinajstić information content (AvgIpc) is 3.87. The molecule has 2 atom stereocenters. The summed E-state index contributed by atoms with van der Waals surface area (Å²) in [5.41, 5.74) is 1.53. The Morgan fingerprint density at radius 1 is 0.787 bits per heavy atom. The molecule has 0 unspecified atom stereocenters. The number of aromatic nitrogens is 1. The molecule has 1 spiro atoms. The average molecular weight is 698 g/mol. The number of hydrogen-bond acceptors (Lipinski definition) is 7. The number of carboxylic acids is 3. The van der Waals surface area contributed by atoms with Crippen LogP contribution in [0.1, 0.15) is 37.8 Å². The van der Waals surface area contributed by atoms with Crippen LogP contribution in [0.3, 0.4) is 0 Å². The topological polar surface area (TPSA) is 140 Å². The summed E-state index contributed by atoms with van der Waals surface area (Å²) in [4.78, 5) is 36.6. The highest BCUT2D eigenvalue weighted by Gasteiger charge is 2.51. The van der Waals surface area contributed by atoms with Crippen LogP contribution in [0.5, 0.6) is 0 Å². The minimum atomic E-state index is -5.08. The van der Waals surface area contributed by atoms with Gasteiger partial charge in [0.05, 0.1) is 18.9 Å². The number of rotatable bonds is 8. The molecular weight excluding hydrogens is 661 g/mol. The molecule has 1 aromatic rings. The van der Waals surface area contributed by atoms with Crippen molar-refractivity contribution in [1.82, 2.24) is 14.8 Å². The Morgan fingerprint density at radius 3 is 1.64 bits per heavy atom. The van der Waals surface area contributed by atoms with Gasteiger partial charge in [0.2, 0.25) is 0 Å². The van der Waals surface area contributed by atoms with Crippen LogP contribution in [0.15, 0.2) is 24.4 Å². The van der Waals surface area contributed by atoms with E-state index in [-0.39, 0.29) is 0 Å². The number of likely N-dealkylation sites (tertiary alicyclic amines) is 2. The Bertz CT molecular complexity index is 1100. The molecule has 10 nitrogen and oxygen atoms in total. The molecule has 4 fully saturated rings. The van der Waals surface area contributed by atoms with Gasteiger partial charge in [-0.2, -0.15) is 39.5 Å². The molecule has 2 saturated carbocycles. The highest BCUT2D eigenvalue weighted by Crippen LogP contribution is 2.46. The normalized spacial score (nSPS) is 23.1. The van der Waals surface area contributed by atoms with Gasteiger partial charge in [0, 0.05) is 50.3 Å². The maximum atomic E-state index is 10.6. The van der Waals surface area contributed by atoms with Crippen LogP contribution in [0.25, 0.3) is 0 Å². The van der Waals surface area contributed by atoms with Crippen LogP contribution < -0.4 is 0 Å². The second-order valence-corrected chi connectivity index (χ2v) is 11.9. The molecular formula is C28H36F9N3O7. The Labute approximate surface area is 263 Å². The first kappa shape index (κ1) is 40.0. The molecule has 0 radical (unpaired) electrons. The maximum Gasteiger partial charge on any atom is 0.490 e. The second-order valence-electron chi connectivity index (χ2n) is 11.9. The van der Waals surface area contributed by atoms with Gasteiger partial charge in [0.25, 0.3) is 0 Å². The van der Waals surface area contributed by atoms with E-state index in [9.17, 15) is 39.5 Å². The first-order valence-electron chi connectivity index (χ1n) is 14.4. The van der Waals surface area contributed by atoms with E-state index in [1.54, 1.807) is 0 Å². The molecule has 268 valence electrons. The predicted molar refractivity (Wildman–Crippen MR) is 144 cm³/mol. The van der Waals surface area contributed by atoms with Gasteiger partial charge in [-0.05, 0) is 62.6 Å². The third kappa shape index (κ3) is 15.1. The van der Waals surface area contributed by atoms with Gasteiger partial charge in [-0.3, -0.25) is 4.98 Å². The number of aliphatic carboxylic acids is 3. The van der Waals surface area contributed by atoms with E-state index in [0.717, 1.165) is 24.1 Å². The summed E-state index contributed by atoms with van der Waals surface area (Å²) in [7, 11) is 0. The van der Waals surface area contributed by atoms with E-state index < -0.39 is 36.4 Å². The second kappa shape index (κ2) is 16.8. The van der Waals surface area contributed by atoms with Gasteiger partial charge in [-0.25, -0.2) is 14.4 Å². The number of alkyl halides is 9. The standard InChI is InChI=1S/C22H33N3O.3C2HF3O2/c1-2-9-23-21(3-1)15-26-14-20-13-25(12-19-6-7-19)17-22(20)8-10-24(16-22)11-18-4-5-18;3*3-2(4,5)1(6)7/h1-3,9,18-20H,4-8,10-17H2;3*(H,6,7)/t20-,22-;;;/m0.../s1. The van der Waals surface area contributed by atoms with Crippen LogP contribution in [0.4, 0.5) is 39.5 Å². The molecule has 0 aromatic carbocycles. The van der Waals surface area contributed by atoms with E-state index in [1.807, 2.05) is 18.3 Å². The minimum absolute atomic E-state index is 0.480.